The predicted molar refractivity (Wildman–Crippen MR) is 78.2 cm³/mol. The van der Waals surface area contributed by atoms with E-state index in [4.69, 9.17) is 0 Å². The van der Waals surface area contributed by atoms with Gasteiger partial charge in [0.05, 0.1) is 12.1 Å². The predicted octanol–water partition coefficient (Wildman–Crippen LogP) is 2.69. The molecule has 1 aliphatic heterocycles. The maximum absolute atomic E-state index is 12.4. The molecule has 1 amide bonds. The fourth-order valence-corrected chi connectivity index (χ4v) is 2.24. The lowest BCUT2D eigenvalue weighted by Crippen LogP contribution is -2.24. The van der Waals surface area contributed by atoms with Crippen LogP contribution in [0.15, 0.2) is 66.2 Å². The highest BCUT2D eigenvalue weighted by atomic mass is 16.2. The summed E-state index contributed by atoms with van der Waals surface area (Å²) in [5, 5.41) is 0. The molecule has 0 spiro atoms. The number of ketones is 1. The third-order valence-electron chi connectivity index (χ3n) is 3.26. The van der Waals surface area contributed by atoms with Crippen LogP contribution in [0.3, 0.4) is 0 Å². The Labute approximate surface area is 117 Å². The van der Waals surface area contributed by atoms with Crippen LogP contribution in [0.5, 0.6) is 0 Å². The Balaban J connectivity index is 1.94. The number of benzene rings is 2. The van der Waals surface area contributed by atoms with Gasteiger partial charge in [0.25, 0.3) is 5.91 Å². The molecule has 3 heteroatoms. The largest absolute Gasteiger partial charge is 0.300 e. The molecule has 0 bridgehead atoms. The van der Waals surface area contributed by atoms with Gasteiger partial charge in [-0.25, -0.2) is 0 Å². The highest BCUT2D eigenvalue weighted by Crippen LogP contribution is 2.23. The number of anilines is 1. The zero-order valence-corrected chi connectivity index (χ0v) is 10.8. The van der Waals surface area contributed by atoms with Crippen molar-refractivity contribution in [2.75, 3.05) is 11.4 Å². The zero-order valence-electron chi connectivity index (χ0n) is 10.8. The Kier molecular flexibility index (Phi) is 3.17. The van der Waals surface area contributed by atoms with Crippen molar-refractivity contribution in [3.05, 3.63) is 71.8 Å². The van der Waals surface area contributed by atoms with Gasteiger partial charge in [0.1, 0.15) is 0 Å². The SMILES string of the molecule is O=C1CN(c2ccccc2)C(=O)/C1=C\c1ccccc1. The smallest absolute Gasteiger partial charge is 0.262 e. The average Bonchev–Trinajstić information content (AvgIpc) is 2.77. The number of para-hydroxylation sites is 1. The number of hydrogen-bond acceptors (Lipinski definition) is 2. The molecule has 3 rings (SSSR count). The molecule has 2 aromatic carbocycles. The van der Waals surface area contributed by atoms with E-state index in [1.54, 1.807) is 6.08 Å². The summed E-state index contributed by atoms with van der Waals surface area (Å²) in [6, 6.07) is 18.7. The van der Waals surface area contributed by atoms with Gasteiger partial charge in [0.15, 0.2) is 5.78 Å². The second kappa shape index (κ2) is 5.13. The minimum Gasteiger partial charge on any atom is -0.300 e. The molecule has 3 nitrogen and oxygen atoms in total. The molecule has 0 aliphatic carbocycles. The molecule has 1 heterocycles. The Morgan fingerprint density at radius 3 is 2.10 bits per heavy atom. The molecule has 2 aromatic rings. The molecule has 98 valence electrons. The molecule has 0 saturated carbocycles. The van der Waals surface area contributed by atoms with E-state index in [0.29, 0.717) is 0 Å². The van der Waals surface area contributed by atoms with Crippen LogP contribution < -0.4 is 4.90 Å². The van der Waals surface area contributed by atoms with Gasteiger partial charge >= 0.3 is 0 Å². The topological polar surface area (TPSA) is 37.4 Å². The summed E-state index contributed by atoms with van der Waals surface area (Å²) in [6.45, 7) is 0.113. The van der Waals surface area contributed by atoms with Crippen molar-refractivity contribution in [3.8, 4) is 0 Å². The first kappa shape index (κ1) is 12.4. The van der Waals surface area contributed by atoms with Crippen molar-refractivity contribution in [1.29, 1.82) is 0 Å². The maximum Gasteiger partial charge on any atom is 0.262 e. The second-order valence-electron chi connectivity index (χ2n) is 4.62. The molecule has 0 atom stereocenters. The van der Waals surface area contributed by atoms with Crippen LogP contribution in [0.25, 0.3) is 6.08 Å². The first-order chi connectivity index (χ1) is 9.75. The first-order valence-corrected chi connectivity index (χ1v) is 6.42. The van der Waals surface area contributed by atoms with E-state index in [-0.39, 0.29) is 23.8 Å². The van der Waals surface area contributed by atoms with Gasteiger partial charge in [-0.3, -0.25) is 9.59 Å². The highest BCUT2D eigenvalue weighted by molar-refractivity contribution is 6.34. The summed E-state index contributed by atoms with van der Waals surface area (Å²) in [4.78, 5) is 25.9. The van der Waals surface area contributed by atoms with Crippen molar-refractivity contribution in [2.24, 2.45) is 0 Å². The molecule has 0 radical (unpaired) electrons. The number of carbonyl (C=O) groups is 2. The van der Waals surface area contributed by atoms with E-state index in [1.807, 2.05) is 60.7 Å². The fraction of sp³-hybridized carbons (Fsp3) is 0.0588. The standard InChI is InChI=1S/C17H13NO2/c19-16-12-18(14-9-5-2-6-10-14)17(20)15(16)11-13-7-3-1-4-8-13/h1-11H,12H2/b15-11-. The first-order valence-electron chi connectivity index (χ1n) is 6.42. The molecule has 1 fully saturated rings. The van der Waals surface area contributed by atoms with E-state index in [2.05, 4.69) is 0 Å². The van der Waals surface area contributed by atoms with Crippen molar-refractivity contribution in [1.82, 2.24) is 0 Å². The summed E-state index contributed by atoms with van der Waals surface area (Å²) in [5.41, 5.74) is 1.86. The van der Waals surface area contributed by atoms with Gasteiger partial charge in [-0.15, -0.1) is 0 Å². The van der Waals surface area contributed by atoms with Crippen LogP contribution in [0.4, 0.5) is 5.69 Å². The third kappa shape index (κ3) is 2.26. The zero-order chi connectivity index (χ0) is 13.9. The Morgan fingerprint density at radius 1 is 0.850 bits per heavy atom. The van der Waals surface area contributed by atoms with Gasteiger partial charge in [0, 0.05) is 5.69 Å². The average molecular weight is 263 g/mol. The van der Waals surface area contributed by atoms with Crippen molar-refractivity contribution >= 4 is 23.5 Å². The number of hydrogen-bond donors (Lipinski definition) is 0. The molecule has 0 aromatic heterocycles. The lowest BCUT2D eigenvalue weighted by molar-refractivity contribution is -0.116. The molecule has 1 saturated heterocycles. The number of carbonyl (C=O) groups excluding carboxylic acids is 2. The fourth-order valence-electron chi connectivity index (χ4n) is 2.24. The summed E-state index contributed by atoms with van der Waals surface area (Å²) in [7, 11) is 0. The van der Waals surface area contributed by atoms with E-state index < -0.39 is 0 Å². The quantitative estimate of drug-likeness (QED) is 0.617. The minimum atomic E-state index is -0.231. The summed E-state index contributed by atoms with van der Waals surface area (Å²) < 4.78 is 0. The number of nitrogens with zero attached hydrogens (tertiary/aromatic N) is 1. The van der Waals surface area contributed by atoms with E-state index in [0.717, 1.165) is 11.3 Å². The monoisotopic (exact) mass is 263 g/mol. The van der Waals surface area contributed by atoms with Crippen LogP contribution in [-0.4, -0.2) is 18.2 Å². The molecule has 0 N–H and O–H groups in total. The number of Topliss-reactive ketones (excluding diaryl/α,β-unsaturated/α-hetero) is 1. The number of rotatable bonds is 2. The van der Waals surface area contributed by atoms with Gasteiger partial charge in [-0.1, -0.05) is 48.5 Å². The Hall–Kier alpha value is -2.68. The molecule has 20 heavy (non-hydrogen) atoms. The van der Waals surface area contributed by atoms with Crippen LogP contribution in [-0.2, 0) is 9.59 Å². The summed E-state index contributed by atoms with van der Waals surface area (Å²) in [6.07, 6.45) is 1.66. The van der Waals surface area contributed by atoms with Crippen LogP contribution in [0, 0.1) is 0 Å². The molecular weight excluding hydrogens is 250 g/mol. The van der Waals surface area contributed by atoms with Crippen LogP contribution in [0.2, 0.25) is 0 Å². The highest BCUT2D eigenvalue weighted by Gasteiger charge is 2.34. The van der Waals surface area contributed by atoms with Crippen molar-refractivity contribution in [2.45, 2.75) is 0 Å². The summed E-state index contributed by atoms with van der Waals surface area (Å²) in [5.74, 6) is -0.368. The van der Waals surface area contributed by atoms with E-state index in [1.165, 1.54) is 4.90 Å². The Bertz CT molecular complexity index is 675. The van der Waals surface area contributed by atoms with Crippen molar-refractivity contribution in [3.63, 3.8) is 0 Å². The number of amides is 1. The lowest BCUT2D eigenvalue weighted by atomic mass is 10.1. The molecule has 0 unspecified atom stereocenters. The summed E-state index contributed by atoms with van der Waals surface area (Å²) >= 11 is 0. The van der Waals surface area contributed by atoms with E-state index >= 15 is 0 Å². The third-order valence-corrected chi connectivity index (χ3v) is 3.26. The van der Waals surface area contributed by atoms with Gasteiger partial charge < -0.3 is 4.90 Å². The van der Waals surface area contributed by atoms with Gasteiger partial charge in [0.2, 0.25) is 0 Å². The van der Waals surface area contributed by atoms with Crippen molar-refractivity contribution < 1.29 is 9.59 Å². The molecular formula is C17H13NO2. The van der Waals surface area contributed by atoms with E-state index in [9.17, 15) is 9.59 Å². The normalized spacial score (nSPS) is 17.0. The van der Waals surface area contributed by atoms with Gasteiger partial charge in [-0.05, 0) is 23.8 Å². The Morgan fingerprint density at radius 2 is 1.45 bits per heavy atom. The lowest BCUT2D eigenvalue weighted by Gasteiger charge is -2.13. The molecule has 1 aliphatic rings. The van der Waals surface area contributed by atoms with Crippen LogP contribution >= 0.6 is 0 Å². The van der Waals surface area contributed by atoms with Crippen LogP contribution in [0.1, 0.15) is 5.56 Å². The minimum absolute atomic E-state index is 0.113. The van der Waals surface area contributed by atoms with Gasteiger partial charge in [-0.2, -0.15) is 0 Å². The second-order valence-corrected chi connectivity index (χ2v) is 4.62. The maximum atomic E-state index is 12.4.